The van der Waals surface area contributed by atoms with E-state index >= 15 is 0 Å². The molecule has 1 rings (SSSR count). The molecule has 5 heteroatoms. The zero-order chi connectivity index (χ0) is 12.1. The van der Waals surface area contributed by atoms with Crippen molar-refractivity contribution in [2.45, 2.75) is 13.0 Å². The number of aromatic carboxylic acids is 1. The predicted octanol–water partition coefficient (Wildman–Crippen LogP) is 1.94. The fourth-order valence-corrected chi connectivity index (χ4v) is 1.26. The van der Waals surface area contributed by atoms with Crippen LogP contribution in [0.4, 0.5) is 4.39 Å². The Balaban J connectivity index is 2.92. The van der Waals surface area contributed by atoms with Gasteiger partial charge in [-0.05, 0) is 19.1 Å². The van der Waals surface area contributed by atoms with Gasteiger partial charge in [-0.2, -0.15) is 0 Å². The highest BCUT2D eigenvalue weighted by molar-refractivity contribution is 5.90. The molecule has 1 aromatic carbocycles. The van der Waals surface area contributed by atoms with Gasteiger partial charge < -0.3 is 14.6 Å². The third-order valence-electron chi connectivity index (χ3n) is 1.90. The highest BCUT2D eigenvalue weighted by atomic mass is 19.1. The van der Waals surface area contributed by atoms with E-state index in [4.69, 9.17) is 14.6 Å². The molecule has 1 unspecified atom stereocenters. The first-order chi connectivity index (χ1) is 7.54. The van der Waals surface area contributed by atoms with E-state index in [-0.39, 0.29) is 17.4 Å². The van der Waals surface area contributed by atoms with E-state index in [1.54, 1.807) is 6.92 Å². The second-order valence-corrected chi connectivity index (χ2v) is 3.33. The van der Waals surface area contributed by atoms with Crippen LogP contribution in [0.3, 0.4) is 0 Å². The summed E-state index contributed by atoms with van der Waals surface area (Å²) in [6.45, 7) is 2.01. The minimum Gasteiger partial charge on any atom is -0.487 e. The number of carboxylic acids is 1. The molecular formula is C11H13FO4. The van der Waals surface area contributed by atoms with Crippen molar-refractivity contribution in [3.8, 4) is 5.75 Å². The second kappa shape index (κ2) is 5.46. The third-order valence-corrected chi connectivity index (χ3v) is 1.90. The molecule has 1 aromatic rings. The Labute approximate surface area is 92.6 Å². The first-order valence-electron chi connectivity index (χ1n) is 4.73. The number of methoxy groups -OCH3 is 1. The van der Waals surface area contributed by atoms with Gasteiger partial charge in [0.1, 0.15) is 23.2 Å². The summed E-state index contributed by atoms with van der Waals surface area (Å²) in [5.41, 5.74) is -0.0654. The summed E-state index contributed by atoms with van der Waals surface area (Å²) in [5.74, 6) is -1.68. The van der Waals surface area contributed by atoms with Gasteiger partial charge in [-0.25, -0.2) is 9.18 Å². The van der Waals surface area contributed by atoms with Crippen LogP contribution in [0.15, 0.2) is 18.2 Å². The number of carboxylic acid groups (broad SMARTS) is 1. The van der Waals surface area contributed by atoms with Crippen molar-refractivity contribution >= 4 is 5.97 Å². The summed E-state index contributed by atoms with van der Waals surface area (Å²) >= 11 is 0. The minimum absolute atomic E-state index is 0.0112. The molecule has 0 heterocycles. The summed E-state index contributed by atoms with van der Waals surface area (Å²) in [7, 11) is 1.50. The molecule has 4 nitrogen and oxygen atoms in total. The number of carbonyl (C=O) groups is 1. The van der Waals surface area contributed by atoms with Crippen molar-refractivity contribution < 1.29 is 23.8 Å². The maximum atomic E-state index is 12.9. The van der Waals surface area contributed by atoms with Crippen LogP contribution < -0.4 is 4.74 Å². The van der Waals surface area contributed by atoms with Gasteiger partial charge in [0.05, 0.1) is 6.61 Å². The Morgan fingerprint density at radius 3 is 2.81 bits per heavy atom. The standard InChI is InChI=1S/C11H13FO4/c1-7(6-15-2)16-10-5-8(12)3-4-9(10)11(13)14/h3-5,7H,6H2,1-2H3,(H,13,14). The summed E-state index contributed by atoms with van der Waals surface area (Å²) in [6, 6.07) is 3.30. The summed E-state index contributed by atoms with van der Waals surface area (Å²) in [5, 5.41) is 8.87. The van der Waals surface area contributed by atoms with Crippen LogP contribution in [0, 0.1) is 5.82 Å². The van der Waals surface area contributed by atoms with Gasteiger partial charge in [-0.1, -0.05) is 0 Å². The van der Waals surface area contributed by atoms with Gasteiger partial charge in [-0.3, -0.25) is 0 Å². The van der Waals surface area contributed by atoms with E-state index in [9.17, 15) is 9.18 Å². The fraction of sp³-hybridized carbons (Fsp3) is 0.364. The predicted molar refractivity (Wildman–Crippen MR) is 55.3 cm³/mol. The Hall–Kier alpha value is -1.62. The molecule has 0 aliphatic heterocycles. The molecule has 0 saturated heterocycles. The number of hydrogen-bond acceptors (Lipinski definition) is 3. The van der Waals surface area contributed by atoms with Crippen molar-refractivity contribution in [1.82, 2.24) is 0 Å². The van der Waals surface area contributed by atoms with Gasteiger partial charge >= 0.3 is 5.97 Å². The molecule has 0 bridgehead atoms. The Kier molecular flexibility index (Phi) is 4.25. The lowest BCUT2D eigenvalue weighted by Gasteiger charge is -2.15. The molecule has 88 valence electrons. The molecule has 1 N–H and O–H groups in total. The number of benzene rings is 1. The molecule has 1 atom stereocenters. The topological polar surface area (TPSA) is 55.8 Å². The maximum absolute atomic E-state index is 12.9. The van der Waals surface area contributed by atoms with Crippen LogP contribution in [0.5, 0.6) is 5.75 Å². The van der Waals surface area contributed by atoms with Crippen LogP contribution in [0.2, 0.25) is 0 Å². The average molecular weight is 228 g/mol. The molecule has 0 saturated carbocycles. The van der Waals surface area contributed by atoms with Crippen LogP contribution in [-0.2, 0) is 4.74 Å². The quantitative estimate of drug-likeness (QED) is 0.836. The lowest BCUT2D eigenvalue weighted by atomic mass is 10.2. The van der Waals surface area contributed by atoms with Gasteiger partial charge in [-0.15, -0.1) is 0 Å². The van der Waals surface area contributed by atoms with Gasteiger partial charge in [0.2, 0.25) is 0 Å². The molecule has 0 aromatic heterocycles. The Morgan fingerprint density at radius 1 is 1.56 bits per heavy atom. The average Bonchev–Trinajstić information content (AvgIpc) is 2.17. The molecule has 0 amide bonds. The third kappa shape index (κ3) is 3.20. The number of hydrogen-bond donors (Lipinski definition) is 1. The van der Waals surface area contributed by atoms with Crippen molar-refractivity contribution in [2.75, 3.05) is 13.7 Å². The van der Waals surface area contributed by atoms with Gasteiger partial charge in [0, 0.05) is 13.2 Å². The van der Waals surface area contributed by atoms with E-state index in [0.717, 1.165) is 12.1 Å². The van der Waals surface area contributed by atoms with Crippen molar-refractivity contribution in [2.24, 2.45) is 0 Å². The fourth-order valence-electron chi connectivity index (χ4n) is 1.26. The monoisotopic (exact) mass is 228 g/mol. The first kappa shape index (κ1) is 12.4. The maximum Gasteiger partial charge on any atom is 0.339 e. The van der Waals surface area contributed by atoms with Gasteiger partial charge in [0.25, 0.3) is 0 Å². The van der Waals surface area contributed by atoms with E-state index < -0.39 is 11.8 Å². The zero-order valence-corrected chi connectivity index (χ0v) is 9.07. The molecule has 16 heavy (non-hydrogen) atoms. The normalized spacial score (nSPS) is 12.2. The smallest absolute Gasteiger partial charge is 0.339 e. The van der Waals surface area contributed by atoms with E-state index in [1.807, 2.05) is 0 Å². The largest absolute Gasteiger partial charge is 0.487 e. The van der Waals surface area contributed by atoms with Crippen LogP contribution in [0.25, 0.3) is 0 Å². The minimum atomic E-state index is -1.15. The lowest BCUT2D eigenvalue weighted by molar-refractivity contribution is 0.0673. The van der Waals surface area contributed by atoms with Crippen LogP contribution >= 0.6 is 0 Å². The second-order valence-electron chi connectivity index (χ2n) is 3.33. The molecule has 0 radical (unpaired) electrons. The SMILES string of the molecule is COCC(C)Oc1cc(F)ccc1C(=O)O. The van der Waals surface area contributed by atoms with Crippen LogP contribution in [0.1, 0.15) is 17.3 Å². The number of halogens is 1. The number of ether oxygens (including phenoxy) is 2. The summed E-state index contributed by atoms with van der Waals surface area (Å²) < 4.78 is 23.1. The first-order valence-corrected chi connectivity index (χ1v) is 4.73. The van der Waals surface area contributed by atoms with Gasteiger partial charge in [0.15, 0.2) is 0 Å². The highest BCUT2D eigenvalue weighted by Gasteiger charge is 2.14. The van der Waals surface area contributed by atoms with Crippen molar-refractivity contribution in [3.63, 3.8) is 0 Å². The Bertz CT molecular complexity index is 378. The summed E-state index contributed by atoms with van der Waals surface area (Å²) in [4.78, 5) is 10.8. The van der Waals surface area contributed by atoms with Crippen LogP contribution in [-0.4, -0.2) is 30.9 Å². The molecule has 0 spiro atoms. The summed E-state index contributed by atoms with van der Waals surface area (Å²) in [6.07, 6.45) is -0.343. The number of rotatable bonds is 5. The van der Waals surface area contributed by atoms with E-state index in [0.29, 0.717) is 6.61 Å². The van der Waals surface area contributed by atoms with Crippen molar-refractivity contribution in [3.05, 3.63) is 29.6 Å². The Morgan fingerprint density at radius 2 is 2.25 bits per heavy atom. The molecule has 0 aliphatic rings. The van der Waals surface area contributed by atoms with Crippen molar-refractivity contribution in [1.29, 1.82) is 0 Å². The van der Waals surface area contributed by atoms with E-state index in [1.165, 1.54) is 13.2 Å². The molecular weight excluding hydrogens is 215 g/mol. The molecule has 0 aliphatic carbocycles. The highest BCUT2D eigenvalue weighted by Crippen LogP contribution is 2.21. The van der Waals surface area contributed by atoms with E-state index in [2.05, 4.69) is 0 Å². The zero-order valence-electron chi connectivity index (χ0n) is 9.07. The lowest BCUT2D eigenvalue weighted by Crippen LogP contribution is -2.19. The molecule has 0 fully saturated rings.